The van der Waals surface area contributed by atoms with E-state index in [2.05, 4.69) is 22.9 Å². The highest BCUT2D eigenvalue weighted by atomic mass is 79.9. The van der Waals surface area contributed by atoms with Crippen LogP contribution >= 0.6 is 15.9 Å². The summed E-state index contributed by atoms with van der Waals surface area (Å²) in [5.41, 5.74) is 0.777. The van der Waals surface area contributed by atoms with Crippen LogP contribution in [0.25, 0.3) is 0 Å². The quantitative estimate of drug-likeness (QED) is 0.805. The van der Waals surface area contributed by atoms with Gasteiger partial charge in [0.1, 0.15) is 0 Å². The number of benzene rings is 1. The molecule has 0 heterocycles. The molecule has 0 spiro atoms. The van der Waals surface area contributed by atoms with Crippen molar-refractivity contribution in [1.82, 2.24) is 4.90 Å². The Bertz CT molecular complexity index is 407. The molecule has 2 nitrogen and oxygen atoms in total. The van der Waals surface area contributed by atoms with Crippen LogP contribution in [0.5, 0.6) is 0 Å². The summed E-state index contributed by atoms with van der Waals surface area (Å²) in [6.45, 7) is 2.30. The first-order valence-corrected chi connectivity index (χ1v) is 7.40. The molecule has 18 heavy (non-hydrogen) atoms. The number of halogens is 1. The highest BCUT2D eigenvalue weighted by molar-refractivity contribution is 9.10. The second kappa shape index (κ2) is 5.87. The van der Waals surface area contributed by atoms with Crippen molar-refractivity contribution in [2.75, 3.05) is 7.05 Å². The Morgan fingerprint density at radius 2 is 1.72 bits per heavy atom. The Labute approximate surface area is 117 Å². The Hall–Kier alpha value is -0.830. The summed E-state index contributed by atoms with van der Waals surface area (Å²) in [4.78, 5) is 14.3. The monoisotopic (exact) mass is 309 g/mol. The molecule has 2 rings (SSSR count). The molecule has 1 fully saturated rings. The molecule has 0 bridgehead atoms. The maximum Gasteiger partial charge on any atom is 0.253 e. The van der Waals surface area contributed by atoms with Gasteiger partial charge in [0.25, 0.3) is 5.91 Å². The zero-order chi connectivity index (χ0) is 13.1. The molecule has 3 heteroatoms. The molecule has 1 aliphatic carbocycles. The first kappa shape index (κ1) is 13.6. The lowest BCUT2D eigenvalue weighted by Gasteiger charge is -2.33. The minimum Gasteiger partial charge on any atom is -0.339 e. The number of hydrogen-bond acceptors (Lipinski definition) is 1. The number of amides is 1. The Morgan fingerprint density at radius 1 is 1.17 bits per heavy atom. The minimum atomic E-state index is 0.141. The number of rotatable bonds is 2. The molecule has 98 valence electrons. The van der Waals surface area contributed by atoms with Crippen LogP contribution in [0.2, 0.25) is 0 Å². The van der Waals surface area contributed by atoms with Crippen LogP contribution in [0.3, 0.4) is 0 Å². The van der Waals surface area contributed by atoms with E-state index in [9.17, 15) is 4.79 Å². The summed E-state index contributed by atoms with van der Waals surface area (Å²) >= 11 is 3.39. The molecule has 1 aromatic rings. The second-order valence-corrected chi connectivity index (χ2v) is 6.25. The van der Waals surface area contributed by atoms with Crippen LogP contribution in [0.1, 0.15) is 43.0 Å². The molecule has 0 aliphatic heterocycles. The number of hydrogen-bond donors (Lipinski definition) is 0. The van der Waals surface area contributed by atoms with Gasteiger partial charge in [-0.15, -0.1) is 0 Å². The SMILES string of the molecule is CC1CCC(N(C)C(=O)c2ccc(Br)cc2)CC1. The van der Waals surface area contributed by atoms with Gasteiger partial charge in [0.2, 0.25) is 0 Å². The van der Waals surface area contributed by atoms with E-state index in [1.165, 1.54) is 12.8 Å². The average Bonchev–Trinajstić information content (AvgIpc) is 2.39. The van der Waals surface area contributed by atoms with Gasteiger partial charge in [0, 0.05) is 23.1 Å². The van der Waals surface area contributed by atoms with E-state index in [4.69, 9.17) is 0 Å². The normalized spacial score (nSPS) is 23.7. The van der Waals surface area contributed by atoms with Crippen molar-refractivity contribution in [3.63, 3.8) is 0 Å². The standard InChI is InChI=1S/C15H20BrNO/c1-11-3-9-14(10-4-11)17(2)15(18)12-5-7-13(16)8-6-12/h5-8,11,14H,3-4,9-10H2,1-2H3. The smallest absolute Gasteiger partial charge is 0.253 e. The fourth-order valence-electron chi connectivity index (χ4n) is 2.59. The third-order valence-electron chi connectivity index (χ3n) is 3.94. The topological polar surface area (TPSA) is 20.3 Å². The number of carbonyl (C=O) groups is 1. The highest BCUT2D eigenvalue weighted by Crippen LogP contribution is 2.27. The van der Waals surface area contributed by atoms with Crippen molar-refractivity contribution < 1.29 is 4.79 Å². The van der Waals surface area contributed by atoms with E-state index in [1.54, 1.807) is 0 Å². The highest BCUT2D eigenvalue weighted by Gasteiger charge is 2.25. The van der Waals surface area contributed by atoms with Crippen molar-refractivity contribution in [1.29, 1.82) is 0 Å². The lowest BCUT2D eigenvalue weighted by Crippen LogP contribution is -2.39. The molecule has 0 N–H and O–H groups in total. The molecule has 1 aromatic carbocycles. The van der Waals surface area contributed by atoms with Gasteiger partial charge < -0.3 is 4.90 Å². The predicted molar refractivity (Wildman–Crippen MR) is 77.7 cm³/mol. The second-order valence-electron chi connectivity index (χ2n) is 5.34. The molecule has 1 aliphatic rings. The van der Waals surface area contributed by atoms with Gasteiger partial charge in [0.15, 0.2) is 0 Å². The molecular formula is C15H20BrNO. The molecule has 0 atom stereocenters. The van der Waals surface area contributed by atoms with Gasteiger partial charge in [0.05, 0.1) is 0 Å². The lowest BCUT2D eigenvalue weighted by molar-refractivity contribution is 0.0679. The van der Waals surface area contributed by atoms with Crippen LogP contribution < -0.4 is 0 Å². The Kier molecular flexibility index (Phi) is 4.44. The van der Waals surface area contributed by atoms with Gasteiger partial charge >= 0.3 is 0 Å². The van der Waals surface area contributed by atoms with Crippen LogP contribution in [0, 0.1) is 5.92 Å². The number of nitrogens with zero attached hydrogens (tertiary/aromatic N) is 1. The third kappa shape index (κ3) is 3.14. The summed E-state index contributed by atoms with van der Waals surface area (Å²) < 4.78 is 1.01. The van der Waals surface area contributed by atoms with Crippen molar-refractivity contribution in [3.05, 3.63) is 34.3 Å². The fraction of sp³-hybridized carbons (Fsp3) is 0.533. The third-order valence-corrected chi connectivity index (χ3v) is 4.47. The van der Waals surface area contributed by atoms with Crippen molar-refractivity contribution in [2.45, 2.75) is 38.6 Å². The fourth-order valence-corrected chi connectivity index (χ4v) is 2.86. The Balaban J connectivity index is 2.02. The molecule has 0 radical (unpaired) electrons. The summed E-state index contributed by atoms with van der Waals surface area (Å²) in [7, 11) is 1.94. The van der Waals surface area contributed by atoms with Crippen LogP contribution in [-0.2, 0) is 0 Å². The molecule has 0 aromatic heterocycles. The van der Waals surface area contributed by atoms with Gasteiger partial charge in [-0.3, -0.25) is 4.79 Å². The van der Waals surface area contributed by atoms with E-state index in [1.807, 2.05) is 36.2 Å². The number of carbonyl (C=O) groups excluding carboxylic acids is 1. The molecule has 1 amide bonds. The molecule has 0 unspecified atom stereocenters. The lowest BCUT2D eigenvalue weighted by atomic mass is 9.86. The maximum atomic E-state index is 12.3. The van der Waals surface area contributed by atoms with E-state index in [0.717, 1.165) is 28.8 Å². The molecule has 0 saturated heterocycles. The van der Waals surface area contributed by atoms with Gasteiger partial charge in [-0.2, -0.15) is 0 Å². The first-order chi connectivity index (χ1) is 8.58. The predicted octanol–water partition coefficient (Wildman–Crippen LogP) is 4.10. The van der Waals surface area contributed by atoms with Crippen LogP contribution in [-0.4, -0.2) is 23.9 Å². The first-order valence-electron chi connectivity index (χ1n) is 6.60. The van der Waals surface area contributed by atoms with Gasteiger partial charge in [-0.1, -0.05) is 22.9 Å². The van der Waals surface area contributed by atoms with Gasteiger partial charge in [-0.05, 0) is 55.9 Å². The van der Waals surface area contributed by atoms with Crippen molar-refractivity contribution >= 4 is 21.8 Å². The summed E-state index contributed by atoms with van der Waals surface area (Å²) in [5.74, 6) is 0.958. The summed E-state index contributed by atoms with van der Waals surface area (Å²) in [6.07, 6.45) is 4.76. The molecule has 1 saturated carbocycles. The zero-order valence-electron chi connectivity index (χ0n) is 11.0. The van der Waals surface area contributed by atoms with Crippen molar-refractivity contribution in [3.8, 4) is 0 Å². The van der Waals surface area contributed by atoms with Crippen LogP contribution in [0.15, 0.2) is 28.7 Å². The largest absolute Gasteiger partial charge is 0.339 e. The van der Waals surface area contributed by atoms with Crippen molar-refractivity contribution in [2.24, 2.45) is 5.92 Å². The van der Waals surface area contributed by atoms with E-state index in [-0.39, 0.29) is 5.91 Å². The Morgan fingerprint density at radius 3 is 2.28 bits per heavy atom. The summed E-state index contributed by atoms with van der Waals surface area (Å²) in [5, 5.41) is 0. The average molecular weight is 310 g/mol. The zero-order valence-corrected chi connectivity index (χ0v) is 12.6. The van der Waals surface area contributed by atoms with E-state index < -0.39 is 0 Å². The van der Waals surface area contributed by atoms with E-state index >= 15 is 0 Å². The maximum absolute atomic E-state index is 12.3. The van der Waals surface area contributed by atoms with Crippen LogP contribution in [0.4, 0.5) is 0 Å². The minimum absolute atomic E-state index is 0.141. The van der Waals surface area contributed by atoms with Gasteiger partial charge in [-0.25, -0.2) is 0 Å². The summed E-state index contributed by atoms with van der Waals surface area (Å²) in [6, 6.07) is 8.02. The molecular weight excluding hydrogens is 290 g/mol. The van der Waals surface area contributed by atoms with E-state index in [0.29, 0.717) is 6.04 Å².